The lowest BCUT2D eigenvalue weighted by Gasteiger charge is -2.28. The third-order valence-corrected chi connectivity index (χ3v) is 5.19. The molecule has 7 heteroatoms. The first-order chi connectivity index (χ1) is 13.7. The lowest BCUT2D eigenvalue weighted by Crippen LogP contribution is -2.35. The lowest BCUT2D eigenvalue weighted by molar-refractivity contribution is 0.0666. The Bertz CT molecular complexity index is 962. The summed E-state index contributed by atoms with van der Waals surface area (Å²) in [5.74, 6) is 1.08. The van der Waals surface area contributed by atoms with Gasteiger partial charge in [-0.15, -0.1) is 0 Å². The Balaban J connectivity index is 1.63. The number of para-hydroxylation sites is 1. The van der Waals surface area contributed by atoms with Gasteiger partial charge in [0.1, 0.15) is 5.75 Å². The molecule has 1 aliphatic heterocycles. The van der Waals surface area contributed by atoms with E-state index >= 15 is 0 Å². The van der Waals surface area contributed by atoms with Crippen molar-refractivity contribution in [2.75, 3.05) is 13.7 Å². The van der Waals surface area contributed by atoms with Crippen LogP contribution in [0.15, 0.2) is 47.1 Å². The number of hydrogen-bond acceptors (Lipinski definition) is 5. The molecular weight excluding hydrogens is 356 g/mol. The number of hydrogen-bond donors (Lipinski definition) is 0. The van der Waals surface area contributed by atoms with Gasteiger partial charge in [-0.3, -0.25) is 9.48 Å². The van der Waals surface area contributed by atoms with Crippen LogP contribution in [0.1, 0.15) is 47.9 Å². The van der Waals surface area contributed by atoms with Gasteiger partial charge >= 0.3 is 0 Å². The summed E-state index contributed by atoms with van der Waals surface area (Å²) in [5.41, 5.74) is 2.00. The largest absolute Gasteiger partial charge is 0.496 e. The molecule has 0 aliphatic carbocycles. The smallest absolute Gasteiger partial charge is 0.276 e. The van der Waals surface area contributed by atoms with Crippen molar-refractivity contribution in [3.05, 3.63) is 54.0 Å². The quantitative estimate of drug-likeness (QED) is 0.687. The van der Waals surface area contributed by atoms with Gasteiger partial charge in [0.05, 0.1) is 24.4 Å². The van der Waals surface area contributed by atoms with E-state index in [4.69, 9.17) is 9.26 Å². The zero-order chi connectivity index (χ0) is 19.5. The molecule has 0 bridgehead atoms. The monoisotopic (exact) mass is 380 g/mol. The standard InChI is InChI=1S/C21H24N4O3/c1-24-13-11-16(22-24)18-9-4-3-7-12-25(18)21(26)17-14-20(28-23-17)15-8-5-6-10-19(15)27-2/h5-6,8,10-11,13-14,18H,3-4,7,9,12H2,1-2H3/t18-/m1/s1. The van der Waals surface area contributed by atoms with Gasteiger partial charge in [-0.2, -0.15) is 5.10 Å². The maximum Gasteiger partial charge on any atom is 0.276 e. The van der Waals surface area contributed by atoms with Gasteiger partial charge in [-0.1, -0.05) is 30.1 Å². The van der Waals surface area contributed by atoms with Crippen LogP contribution in [0, 0.1) is 0 Å². The zero-order valence-corrected chi connectivity index (χ0v) is 16.2. The van der Waals surface area contributed by atoms with E-state index in [-0.39, 0.29) is 11.9 Å². The predicted octanol–water partition coefficient (Wildman–Crippen LogP) is 3.84. The average molecular weight is 380 g/mol. The number of aryl methyl sites for hydroxylation is 1. The van der Waals surface area contributed by atoms with Crippen LogP contribution in [0.2, 0.25) is 0 Å². The third-order valence-electron chi connectivity index (χ3n) is 5.19. The lowest BCUT2D eigenvalue weighted by atomic mass is 10.1. The van der Waals surface area contributed by atoms with E-state index in [1.54, 1.807) is 17.9 Å². The number of carbonyl (C=O) groups is 1. The minimum atomic E-state index is -0.123. The highest BCUT2D eigenvalue weighted by molar-refractivity contribution is 5.93. The van der Waals surface area contributed by atoms with Gasteiger partial charge in [-0.05, 0) is 31.0 Å². The Morgan fingerprint density at radius 2 is 2.07 bits per heavy atom. The second kappa shape index (κ2) is 7.88. The number of aromatic nitrogens is 3. The van der Waals surface area contributed by atoms with E-state index in [2.05, 4.69) is 10.3 Å². The zero-order valence-electron chi connectivity index (χ0n) is 16.2. The van der Waals surface area contributed by atoms with Crippen molar-refractivity contribution in [2.45, 2.75) is 31.7 Å². The van der Waals surface area contributed by atoms with Crippen LogP contribution < -0.4 is 4.74 Å². The van der Waals surface area contributed by atoms with Crippen LogP contribution in [0.4, 0.5) is 0 Å². The molecule has 146 valence electrons. The summed E-state index contributed by atoms with van der Waals surface area (Å²) in [6.07, 6.45) is 5.99. The molecule has 3 heterocycles. The molecule has 0 unspecified atom stereocenters. The van der Waals surface area contributed by atoms with Gasteiger partial charge in [0.15, 0.2) is 11.5 Å². The Morgan fingerprint density at radius 1 is 1.21 bits per heavy atom. The molecule has 28 heavy (non-hydrogen) atoms. The maximum absolute atomic E-state index is 13.3. The summed E-state index contributed by atoms with van der Waals surface area (Å²) in [6.45, 7) is 0.691. The van der Waals surface area contributed by atoms with Crippen LogP contribution >= 0.6 is 0 Å². The van der Waals surface area contributed by atoms with E-state index in [0.29, 0.717) is 23.7 Å². The molecule has 0 N–H and O–H groups in total. The van der Waals surface area contributed by atoms with E-state index < -0.39 is 0 Å². The highest BCUT2D eigenvalue weighted by atomic mass is 16.5. The van der Waals surface area contributed by atoms with Crippen molar-refractivity contribution in [2.24, 2.45) is 7.05 Å². The number of amides is 1. The first kappa shape index (κ1) is 18.3. The fourth-order valence-electron chi connectivity index (χ4n) is 3.77. The van der Waals surface area contributed by atoms with Gasteiger partial charge < -0.3 is 14.2 Å². The molecule has 1 aromatic carbocycles. The normalized spacial score (nSPS) is 17.4. The highest BCUT2D eigenvalue weighted by Gasteiger charge is 2.31. The van der Waals surface area contributed by atoms with Crippen molar-refractivity contribution < 1.29 is 14.1 Å². The molecule has 1 atom stereocenters. The molecule has 2 aromatic heterocycles. The van der Waals surface area contributed by atoms with E-state index in [9.17, 15) is 4.79 Å². The molecular formula is C21H24N4O3. The summed E-state index contributed by atoms with van der Waals surface area (Å²) in [7, 11) is 3.50. The first-order valence-corrected chi connectivity index (χ1v) is 9.58. The van der Waals surface area contributed by atoms with Crippen LogP contribution in [0.3, 0.4) is 0 Å². The van der Waals surface area contributed by atoms with Crippen molar-refractivity contribution in [1.29, 1.82) is 0 Å². The molecule has 0 saturated carbocycles. The number of rotatable bonds is 4. The number of methoxy groups -OCH3 is 1. The number of carbonyl (C=O) groups excluding carboxylic acids is 1. The Hall–Kier alpha value is -3.09. The van der Waals surface area contributed by atoms with Crippen molar-refractivity contribution >= 4 is 5.91 Å². The minimum Gasteiger partial charge on any atom is -0.496 e. The minimum absolute atomic E-state index is 0.0392. The van der Waals surface area contributed by atoms with Crippen LogP contribution in [0.5, 0.6) is 5.75 Å². The Kier molecular flexibility index (Phi) is 5.14. The van der Waals surface area contributed by atoms with E-state index in [1.807, 2.05) is 48.5 Å². The molecule has 7 nitrogen and oxygen atoms in total. The molecule has 3 aromatic rings. The summed E-state index contributed by atoms with van der Waals surface area (Å²) in [5, 5.41) is 8.60. The summed E-state index contributed by atoms with van der Waals surface area (Å²) < 4.78 is 12.6. The number of benzene rings is 1. The van der Waals surface area contributed by atoms with Gasteiger partial charge in [-0.25, -0.2) is 0 Å². The molecule has 1 fully saturated rings. The van der Waals surface area contributed by atoms with E-state index in [1.165, 1.54) is 0 Å². The average Bonchev–Trinajstić information content (AvgIpc) is 3.31. The maximum atomic E-state index is 13.3. The van der Waals surface area contributed by atoms with E-state index in [0.717, 1.165) is 36.9 Å². The molecule has 1 aliphatic rings. The van der Waals surface area contributed by atoms with Crippen LogP contribution in [-0.4, -0.2) is 39.4 Å². The second-order valence-corrected chi connectivity index (χ2v) is 7.05. The van der Waals surface area contributed by atoms with Crippen LogP contribution in [-0.2, 0) is 7.05 Å². The molecule has 1 saturated heterocycles. The third kappa shape index (κ3) is 3.52. The summed E-state index contributed by atoms with van der Waals surface area (Å²) in [4.78, 5) is 15.2. The SMILES string of the molecule is COc1ccccc1-c1cc(C(=O)N2CCCCC[C@@H]2c2ccn(C)n2)no1. The topological polar surface area (TPSA) is 73.4 Å². The first-order valence-electron chi connectivity index (χ1n) is 9.58. The Labute approximate surface area is 163 Å². The van der Waals surface area contributed by atoms with Gasteiger partial charge in [0.2, 0.25) is 0 Å². The number of nitrogens with zero attached hydrogens (tertiary/aromatic N) is 4. The number of ether oxygens (including phenoxy) is 1. The van der Waals surface area contributed by atoms with Crippen molar-refractivity contribution in [1.82, 2.24) is 19.8 Å². The summed E-state index contributed by atoms with van der Waals surface area (Å²) >= 11 is 0. The predicted molar refractivity (Wildman–Crippen MR) is 104 cm³/mol. The second-order valence-electron chi connectivity index (χ2n) is 7.05. The highest BCUT2D eigenvalue weighted by Crippen LogP contribution is 2.33. The fraction of sp³-hybridized carbons (Fsp3) is 0.381. The summed E-state index contributed by atoms with van der Waals surface area (Å²) in [6, 6.07) is 11.2. The fourth-order valence-corrected chi connectivity index (χ4v) is 3.77. The molecule has 0 spiro atoms. The van der Waals surface area contributed by atoms with Gasteiger partial charge in [0.25, 0.3) is 5.91 Å². The molecule has 0 radical (unpaired) electrons. The molecule has 1 amide bonds. The van der Waals surface area contributed by atoms with Crippen molar-refractivity contribution in [3.63, 3.8) is 0 Å². The van der Waals surface area contributed by atoms with Crippen LogP contribution in [0.25, 0.3) is 11.3 Å². The molecule has 4 rings (SSSR count). The van der Waals surface area contributed by atoms with Crippen molar-refractivity contribution in [3.8, 4) is 17.1 Å². The Morgan fingerprint density at radius 3 is 2.86 bits per heavy atom. The van der Waals surface area contributed by atoms with Gasteiger partial charge in [0, 0.05) is 25.9 Å². The number of likely N-dealkylation sites (tertiary alicyclic amines) is 1.